The first kappa shape index (κ1) is 17.0. The number of thiophene rings is 1. The molecule has 6 nitrogen and oxygen atoms in total. The van der Waals surface area contributed by atoms with E-state index in [4.69, 9.17) is 11.0 Å². The first-order valence-electron chi connectivity index (χ1n) is 7.58. The van der Waals surface area contributed by atoms with Crippen LogP contribution < -0.4 is 16.4 Å². The second-order valence-corrected chi connectivity index (χ2v) is 6.32. The third-order valence-electron chi connectivity index (χ3n) is 3.57. The second kappa shape index (κ2) is 7.39. The Hall–Kier alpha value is -3.81. The van der Waals surface area contributed by atoms with E-state index >= 15 is 0 Å². The number of nitrogen functional groups attached to an aromatic ring is 1. The molecule has 7 heteroatoms. The lowest BCUT2D eigenvalue weighted by molar-refractivity contribution is 0.103. The van der Waals surface area contributed by atoms with E-state index in [0.29, 0.717) is 16.3 Å². The van der Waals surface area contributed by atoms with E-state index in [1.54, 1.807) is 24.3 Å². The van der Waals surface area contributed by atoms with Gasteiger partial charge in [-0.25, -0.2) is 0 Å². The van der Waals surface area contributed by atoms with Gasteiger partial charge in [0.1, 0.15) is 21.5 Å². The van der Waals surface area contributed by atoms with Gasteiger partial charge in [0.25, 0.3) is 5.91 Å². The number of carbonyl (C=O) groups excluding carboxylic acids is 1. The van der Waals surface area contributed by atoms with E-state index in [9.17, 15) is 10.1 Å². The molecule has 0 aliphatic carbocycles. The summed E-state index contributed by atoms with van der Waals surface area (Å²) in [6.45, 7) is 0. The van der Waals surface area contributed by atoms with Crippen LogP contribution in [0.3, 0.4) is 0 Å². The van der Waals surface area contributed by atoms with Gasteiger partial charge < -0.3 is 16.4 Å². The van der Waals surface area contributed by atoms with Crippen LogP contribution in [-0.2, 0) is 0 Å². The number of para-hydroxylation sites is 1. The number of amides is 1. The van der Waals surface area contributed by atoms with Gasteiger partial charge in [0.05, 0.1) is 17.3 Å². The van der Waals surface area contributed by atoms with Crippen molar-refractivity contribution in [3.63, 3.8) is 0 Å². The molecule has 4 N–H and O–H groups in total. The van der Waals surface area contributed by atoms with Gasteiger partial charge in [0, 0.05) is 11.4 Å². The van der Waals surface area contributed by atoms with Crippen LogP contribution in [0.15, 0.2) is 54.6 Å². The topological polar surface area (TPSA) is 115 Å². The lowest BCUT2D eigenvalue weighted by Crippen LogP contribution is -2.12. The molecular formula is C19H13N5OS. The SMILES string of the molecule is N#Cc1ccc(NC(=O)c2sc(Nc3ccccc3)c(C#N)c2N)cc1. The Bertz CT molecular complexity index is 1030. The Balaban J connectivity index is 1.86. The zero-order valence-corrected chi connectivity index (χ0v) is 14.3. The molecule has 0 spiro atoms. The summed E-state index contributed by atoms with van der Waals surface area (Å²) in [6.07, 6.45) is 0. The molecule has 0 aliphatic heterocycles. The van der Waals surface area contributed by atoms with Gasteiger partial charge in [0.2, 0.25) is 0 Å². The van der Waals surface area contributed by atoms with Crippen LogP contribution in [-0.4, -0.2) is 5.91 Å². The number of rotatable bonds is 4. The van der Waals surface area contributed by atoms with Crippen molar-refractivity contribution in [3.8, 4) is 12.1 Å². The molecule has 0 radical (unpaired) electrons. The van der Waals surface area contributed by atoms with Crippen LogP contribution in [0.25, 0.3) is 0 Å². The van der Waals surface area contributed by atoms with Crippen molar-refractivity contribution in [3.05, 3.63) is 70.6 Å². The van der Waals surface area contributed by atoms with Crippen molar-refractivity contribution < 1.29 is 4.79 Å². The highest BCUT2D eigenvalue weighted by Gasteiger charge is 2.21. The number of hydrogen-bond acceptors (Lipinski definition) is 6. The summed E-state index contributed by atoms with van der Waals surface area (Å²) in [6, 6.07) is 19.9. The van der Waals surface area contributed by atoms with Crippen LogP contribution >= 0.6 is 11.3 Å². The van der Waals surface area contributed by atoms with Crippen molar-refractivity contribution in [2.75, 3.05) is 16.4 Å². The van der Waals surface area contributed by atoms with Gasteiger partial charge >= 0.3 is 0 Å². The number of carbonyl (C=O) groups is 1. The number of anilines is 4. The number of nitrogens with two attached hydrogens (primary N) is 1. The summed E-state index contributed by atoms with van der Waals surface area (Å²) in [5.74, 6) is -0.408. The van der Waals surface area contributed by atoms with Crippen LogP contribution in [0.2, 0.25) is 0 Å². The molecule has 0 bridgehead atoms. The van der Waals surface area contributed by atoms with Gasteiger partial charge in [-0.2, -0.15) is 10.5 Å². The molecule has 3 aromatic rings. The Kier molecular flexibility index (Phi) is 4.84. The Morgan fingerprint density at radius 2 is 1.65 bits per heavy atom. The Morgan fingerprint density at radius 3 is 2.27 bits per heavy atom. The smallest absolute Gasteiger partial charge is 0.267 e. The number of nitriles is 2. The van der Waals surface area contributed by atoms with Crippen LogP contribution in [0.4, 0.5) is 22.1 Å². The largest absolute Gasteiger partial charge is 0.396 e. The third kappa shape index (κ3) is 3.48. The lowest BCUT2D eigenvalue weighted by Gasteiger charge is -2.04. The van der Waals surface area contributed by atoms with Crippen molar-refractivity contribution in [1.29, 1.82) is 10.5 Å². The normalized spacial score (nSPS) is 9.77. The van der Waals surface area contributed by atoms with Crippen molar-refractivity contribution in [2.45, 2.75) is 0 Å². The maximum atomic E-state index is 12.5. The van der Waals surface area contributed by atoms with Gasteiger partial charge in [-0.05, 0) is 36.4 Å². The third-order valence-corrected chi connectivity index (χ3v) is 4.69. The average molecular weight is 359 g/mol. The molecule has 1 heterocycles. The molecule has 3 rings (SSSR count). The monoisotopic (exact) mass is 359 g/mol. The molecule has 0 saturated heterocycles. The van der Waals surface area contributed by atoms with Crippen molar-refractivity contribution in [1.82, 2.24) is 0 Å². The fraction of sp³-hybridized carbons (Fsp3) is 0. The van der Waals surface area contributed by atoms with E-state index in [0.717, 1.165) is 17.0 Å². The predicted octanol–water partition coefficient (Wildman–Crippen LogP) is 4.07. The molecule has 26 heavy (non-hydrogen) atoms. The molecule has 0 aliphatic rings. The van der Waals surface area contributed by atoms with Gasteiger partial charge in [-0.3, -0.25) is 4.79 Å². The quantitative estimate of drug-likeness (QED) is 0.649. The Labute approximate surface area is 154 Å². The molecule has 1 aromatic heterocycles. The molecular weight excluding hydrogens is 346 g/mol. The zero-order valence-electron chi connectivity index (χ0n) is 13.5. The predicted molar refractivity (Wildman–Crippen MR) is 102 cm³/mol. The van der Waals surface area contributed by atoms with Crippen molar-refractivity contribution >= 4 is 39.3 Å². The minimum absolute atomic E-state index is 0.141. The molecule has 0 fully saturated rings. The van der Waals surface area contributed by atoms with E-state index < -0.39 is 5.91 Å². The molecule has 1 amide bonds. The lowest BCUT2D eigenvalue weighted by atomic mass is 10.2. The number of nitrogens with zero attached hydrogens (tertiary/aromatic N) is 2. The van der Waals surface area contributed by atoms with Gasteiger partial charge in [-0.15, -0.1) is 11.3 Å². The highest BCUT2D eigenvalue weighted by atomic mass is 32.1. The first-order chi connectivity index (χ1) is 12.6. The fourth-order valence-corrected chi connectivity index (χ4v) is 3.27. The summed E-state index contributed by atoms with van der Waals surface area (Å²) < 4.78 is 0. The van der Waals surface area contributed by atoms with E-state index in [1.807, 2.05) is 42.5 Å². The van der Waals surface area contributed by atoms with Crippen molar-refractivity contribution in [2.24, 2.45) is 0 Å². The van der Waals surface area contributed by atoms with E-state index in [1.165, 1.54) is 0 Å². The maximum absolute atomic E-state index is 12.5. The average Bonchev–Trinajstić information content (AvgIpc) is 2.98. The highest BCUT2D eigenvalue weighted by molar-refractivity contribution is 7.19. The standard InChI is InChI=1S/C19H13N5OS/c20-10-12-6-8-14(9-7-12)23-18(25)17-16(22)15(11-21)19(26-17)24-13-4-2-1-3-5-13/h1-9,24H,22H2,(H,23,25). The summed E-state index contributed by atoms with van der Waals surface area (Å²) >= 11 is 1.12. The number of hydrogen-bond donors (Lipinski definition) is 3. The minimum atomic E-state index is -0.408. The van der Waals surface area contributed by atoms with Crippen LogP contribution in [0, 0.1) is 22.7 Å². The van der Waals surface area contributed by atoms with Crippen LogP contribution in [0.1, 0.15) is 20.8 Å². The van der Waals surface area contributed by atoms with Gasteiger partial charge in [0.15, 0.2) is 0 Å². The molecule has 126 valence electrons. The number of nitrogens with one attached hydrogen (secondary N) is 2. The van der Waals surface area contributed by atoms with E-state index in [-0.39, 0.29) is 16.1 Å². The molecule has 0 saturated carbocycles. The van der Waals surface area contributed by atoms with Gasteiger partial charge in [-0.1, -0.05) is 18.2 Å². The Morgan fingerprint density at radius 1 is 0.962 bits per heavy atom. The van der Waals surface area contributed by atoms with Crippen LogP contribution in [0.5, 0.6) is 0 Å². The summed E-state index contributed by atoms with van der Waals surface area (Å²) in [5, 5.41) is 24.6. The minimum Gasteiger partial charge on any atom is -0.396 e. The summed E-state index contributed by atoms with van der Waals surface area (Å²) in [5.41, 5.74) is 8.23. The highest BCUT2D eigenvalue weighted by Crippen LogP contribution is 2.37. The second-order valence-electron chi connectivity index (χ2n) is 5.30. The molecule has 0 unspecified atom stereocenters. The molecule has 2 aromatic carbocycles. The zero-order chi connectivity index (χ0) is 18.5. The maximum Gasteiger partial charge on any atom is 0.267 e. The molecule has 0 atom stereocenters. The summed E-state index contributed by atoms with van der Waals surface area (Å²) in [7, 11) is 0. The summed E-state index contributed by atoms with van der Waals surface area (Å²) in [4.78, 5) is 12.8. The first-order valence-corrected chi connectivity index (χ1v) is 8.40. The number of benzene rings is 2. The fourth-order valence-electron chi connectivity index (χ4n) is 2.28. The van der Waals surface area contributed by atoms with E-state index in [2.05, 4.69) is 10.6 Å².